The maximum atomic E-state index is 5.74. The van der Waals surface area contributed by atoms with Crippen LogP contribution in [0.2, 0.25) is 5.15 Å². The van der Waals surface area contributed by atoms with Crippen molar-refractivity contribution >= 4 is 27.5 Å². The fourth-order valence-corrected chi connectivity index (χ4v) is 1.28. The van der Waals surface area contributed by atoms with Gasteiger partial charge in [-0.2, -0.15) is 0 Å². The Hall–Kier alpha value is -0.280. The van der Waals surface area contributed by atoms with Gasteiger partial charge >= 0.3 is 0 Å². The molecule has 1 aromatic rings. The highest BCUT2D eigenvalue weighted by Gasteiger charge is 2.01. The summed E-state index contributed by atoms with van der Waals surface area (Å²) in [5, 5.41) is 0.390. The van der Waals surface area contributed by atoms with E-state index < -0.39 is 0 Å². The number of halogens is 2. The molecule has 0 unspecified atom stereocenters. The van der Waals surface area contributed by atoms with Gasteiger partial charge in [0.05, 0.1) is 6.61 Å². The van der Waals surface area contributed by atoms with E-state index >= 15 is 0 Å². The fourth-order valence-electron chi connectivity index (χ4n) is 0.663. The Bertz CT molecular complexity index is 254. The molecule has 0 N–H and O–H groups in total. The number of hydrogen-bond donors (Lipinski definition) is 0. The molecule has 0 aromatic carbocycles. The van der Waals surface area contributed by atoms with Gasteiger partial charge < -0.3 is 4.74 Å². The third-order valence-electron chi connectivity index (χ3n) is 1.08. The first kappa shape index (κ1) is 8.81. The van der Waals surface area contributed by atoms with Gasteiger partial charge in [-0.15, -0.1) is 0 Å². The monoisotopic (exact) mass is 235 g/mol. The van der Waals surface area contributed by atoms with Crippen molar-refractivity contribution in [1.82, 2.24) is 4.98 Å². The number of rotatable bonds is 2. The van der Waals surface area contributed by atoms with Crippen molar-refractivity contribution in [2.24, 2.45) is 0 Å². The first-order valence-corrected chi connectivity index (χ1v) is 4.36. The van der Waals surface area contributed by atoms with E-state index in [1.165, 1.54) is 0 Å². The van der Waals surface area contributed by atoms with E-state index in [9.17, 15) is 0 Å². The first-order valence-electron chi connectivity index (χ1n) is 3.19. The van der Waals surface area contributed by atoms with E-state index in [0.29, 0.717) is 22.1 Å². The molecule has 0 atom stereocenters. The zero-order valence-corrected chi connectivity index (χ0v) is 8.32. The van der Waals surface area contributed by atoms with Crippen LogP contribution in [0.4, 0.5) is 0 Å². The van der Waals surface area contributed by atoms with Crippen LogP contribution in [0.3, 0.4) is 0 Å². The van der Waals surface area contributed by atoms with E-state index in [1.54, 1.807) is 12.1 Å². The number of ether oxygens (including phenoxy) is 1. The summed E-state index contributed by atoms with van der Waals surface area (Å²) in [5.41, 5.74) is 0. The fraction of sp³-hybridized carbons (Fsp3) is 0.286. The summed E-state index contributed by atoms with van der Waals surface area (Å²) in [7, 11) is 0. The molecule has 0 saturated carbocycles. The highest BCUT2D eigenvalue weighted by molar-refractivity contribution is 9.10. The number of aromatic nitrogens is 1. The lowest BCUT2D eigenvalue weighted by Crippen LogP contribution is -1.93. The van der Waals surface area contributed by atoms with Gasteiger partial charge in [0.25, 0.3) is 0 Å². The topological polar surface area (TPSA) is 22.1 Å². The largest absolute Gasteiger partial charge is 0.491 e. The minimum absolute atomic E-state index is 0.390. The second-order valence-corrected chi connectivity index (χ2v) is 3.03. The molecule has 0 aliphatic heterocycles. The van der Waals surface area contributed by atoms with Crippen LogP contribution in [0, 0.1) is 0 Å². The average Bonchev–Trinajstić information content (AvgIpc) is 1.95. The van der Waals surface area contributed by atoms with E-state index in [1.807, 2.05) is 6.92 Å². The van der Waals surface area contributed by atoms with Gasteiger partial charge in [0.15, 0.2) is 10.9 Å². The summed E-state index contributed by atoms with van der Waals surface area (Å²) < 4.78 is 5.89. The van der Waals surface area contributed by atoms with Crippen molar-refractivity contribution in [1.29, 1.82) is 0 Å². The first-order chi connectivity index (χ1) is 5.24. The van der Waals surface area contributed by atoms with Gasteiger partial charge in [-0.05, 0) is 35.0 Å². The summed E-state index contributed by atoms with van der Waals surface area (Å²) in [4.78, 5) is 3.95. The Morgan fingerprint density at radius 1 is 1.64 bits per heavy atom. The molecule has 1 heterocycles. The molecule has 4 heteroatoms. The van der Waals surface area contributed by atoms with Crippen LogP contribution in [-0.4, -0.2) is 11.6 Å². The molecule has 1 aromatic heterocycles. The van der Waals surface area contributed by atoms with Crippen molar-refractivity contribution in [3.8, 4) is 5.75 Å². The molecule has 0 radical (unpaired) electrons. The molecule has 60 valence electrons. The van der Waals surface area contributed by atoms with Crippen LogP contribution in [0.25, 0.3) is 0 Å². The molecule has 0 spiro atoms. The average molecular weight is 236 g/mol. The molecule has 0 aliphatic carbocycles. The number of hydrogen-bond acceptors (Lipinski definition) is 2. The second kappa shape index (κ2) is 3.93. The summed E-state index contributed by atoms with van der Waals surface area (Å²) in [6, 6.07) is 3.57. The van der Waals surface area contributed by atoms with Crippen LogP contribution in [0.15, 0.2) is 16.7 Å². The van der Waals surface area contributed by atoms with Crippen molar-refractivity contribution in [2.75, 3.05) is 6.61 Å². The smallest absolute Gasteiger partial charge is 0.172 e. The summed E-state index contributed by atoms with van der Waals surface area (Å²) in [6.07, 6.45) is 0. The van der Waals surface area contributed by atoms with Crippen molar-refractivity contribution in [3.05, 3.63) is 21.9 Å². The molecule has 0 amide bonds. The minimum atomic E-state index is 0.390. The van der Waals surface area contributed by atoms with Gasteiger partial charge in [-0.3, -0.25) is 0 Å². The Balaban J connectivity index is 2.90. The molecule has 11 heavy (non-hydrogen) atoms. The van der Waals surface area contributed by atoms with Crippen molar-refractivity contribution < 1.29 is 4.74 Å². The Morgan fingerprint density at radius 3 is 2.91 bits per heavy atom. The van der Waals surface area contributed by atoms with Crippen LogP contribution in [0.5, 0.6) is 5.75 Å². The van der Waals surface area contributed by atoms with Crippen LogP contribution < -0.4 is 4.74 Å². The van der Waals surface area contributed by atoms with Crippen molar-refractivity contribution in [2.45, 2.75) is 6.92 Å². The van der Waals surface area contributed by atoms with Crippen LogP contribution >= 0.6 is 27.5 Å². The van der Waals surface area contributed by atoms with Crippen molar-refractivity contribution in [3.63, 3.8) is 0 Å². The lowest BCUT2D eigenvalue weighted by molar-refractivity contribution is 0.339. The van der Waals surface area contributed by atoms with E-state index in [0.717, 1.165) is 0 Å². The predicted octanol–water partition coefficient (Wildman–Crippen LogP) is 2.90. The predicted molar refractivity (Wildman–Crippen MR) is 48.1 cm³/mol. The van der Waals surface area contributed by atoms with Crippen LogP contribution in [-0.2, 0) is 0 Å². The van der Waals surface area contributed by atoms with Gasteiger partial charge in [0, 0.05) is 0 Å². The van der Waals surface area contributed by atoms with E-state index in [-0.39, 0.29) is 0 Å². The standard InChI is InChI=1S/C7H7BrClNO/c1-2-11-5-3-4-6(8)10-7(5)9/h3-4H,2H2,1H3. The normalized spacial score (nSPS) is 9.73. The molecule has 1 rings (SSSR count). The van der Waals surface area contributed by atoms with Gasteiger partial charge in [0.1, 0.15) is 4.60 Å². The van der Waals surface area contributed by atoms with Gasteiger partial charge in [0.2, 0.25) is 0 Å². The SMILES string of the molecule is CCOc1ccc(Br)nc1Cl. The zero-order chi connectivity index (χ0) is 8.27. The molecule has 0 saturated heterocycles. The Labute approximate surface area is 78.7 Å². The summed E-state index contributed by atoms with van der Waals surface area (Å²) in [6.45, 7) is 2.50. The highest BCUT2D eigenvalue weighted by Crippen LogP contribution is 2.23. The second-order valence-electron chi connectivity index (χ2n) is 1.86. The third-order valence-corrected chi connectivity index (χ3v) is 1.79. The third kappa shape index (κ3) is 2.34. The molecule has 2 nitrogen and oxygen atoms in total. The van der Waals surface area contributed by atoms with E-state index in [4.69, 9.17) is 16.3 Å². The molecule has 0 fully saturated rings. The number of pyridine rings is 1. The minimum Gasteiger partial charge on any atom is -0.491 e. The lowest BCUT2D eigenvalue weighted by Gasteiger charge is -2.03. The number of nitrogens with zero attached hydrogens (tertiary/aromatic N) is 1. The lowest BCUT2D eigenvalue weighted by atomic mass is 10.5. The summed E-state index contributed by atoms with van der Waals surface area (Å²) in [5.74, 6) is 0.623. The molecule has 0 bridgehead atoms. The van der Waals surface area contributed by atoms with Gasteiger partial charge in [-0.25, -0.2) is 4.98 Å². The molecular weight excluding hydrogens is 229 g/mol. The maximum absolute atomic E-state index is 5.74. The molecular formula is C7H7BrClNO. The van der Waals surface area contributed by atoms with E-state index in [2.05, 4.69) is 20.9 Å². The molecule has 0 aliphatic rings. The highest BCUT2D eigenvalue weighted by atomic mass is 79.9. The van der Waals surface area contributed by atoms with Gasteiger partial charge in [-0.1, -0.05) is 11.6 Å². The maximum Gasteiger partial charge on any atom is 0.172 e. The Morgan fingerprint density at radius 2 is 2.36 bits per heavy atom. The Kier molecular flexibility index (Phi) is 3.15. The summed E-state index contributed by atoms with van der Waals surface area (Å²) >= 11 is 8.94. The zero-order valence-electron chi connectivity index (χ0n) is 5.97. The quantitative estimate of drug-likeness (QED) is 0.737. The van der Waals surface area contributed by atoms with Crippen LogP contribution in [0.1, 0.15) is 6.92 Å².